The number of nitrogens with zero attached hydrogens (tertiary/aromatic N) is 2. The molecule has 1 aliphatic rings. The Kier molecular flexibility index (Phi) is 5.37. The van der Waals surface area contributed by atoms with E-state index in [1.807, 2.05) is 37.4 Å². The number of rotatable bonds is 6. The molecule has 0 amide bonds. The molecule has 0 aromatic heterocycles. The maximum absolute atomic E-state index is 12.4. The topological polar surface area (TPSA) is 49.9 Å². The minimum atomic E-state index is -3.28. The van der Waals surface area contributed by atoms with Gasteiger partial charge in [0.05, 0.1) is 11.9 Å². The van der Waals surface area contributed by atoms with Crippen LogP contribution in [0.1, 0.15) is 12.0 Å². The van der Waals surface area contributed by atoms with Crippen LogP contribution < -0.4 is 0 Å². The van der Waals surface area contributed by atoms with Gasteiger partial charge in [-0.2, -0.15) is 0 Å². The van der Waals surface area contributed by atoms with Crippen LogP contribution in [-0.2, 0) is 20.5 Å². The van der Waals surface area contributed by atoms with Crippen LogP contribution in [0.15, 0.2) is 30.3 Å². The molecule has 2 rings (SSSR count). The smallest absolute Gasteiger partial charge is 0.218 e. The molecule has 0 saturated carbocycles. The minimum Gasteiger partial charge on any atom is -0.380 e. The number of hydrogen-bond acceptors (Lipinski definition) is 4. The fraction of sp³-hybridized carbons (Fsp3) is 0.600. The molecule has 1 heterocycles. The number of likely N-dealkylation sites (tertiary alicyclic amines) is 1. The molecule has 1 fully saturated rings. The van der Waals surface area contributed by atoms with Crippen LogP contribution in [-0.4, -0.2) is 64.1 Å². The minimum absolute atomic E-state index is 0.0501. The van der Waals surface area contributed by atoms with E-state index in [-0.39, 0.29) is 17.9 Å². The summed E-state index contributed by atoms with van der Waals surface area (Å²) in [4.78, 5) is 2.17. The molecule has 6 heteroatoms. The number of sulfonamides is 1. The van der Waals surface area contributed by atoms with E-state index in [0.29, 0.717) is 6.54 Å². The predicted octanol–water partition coefficient (Wildman–Crippen LogP) is 1.17. The van der Waals surface area contributed by atoms with Gasteiger partial charge in [0.25, 0.3) is 0 Å². The van der Waals surface area contributed by atoms with Gasteiger partial charge in [0.2, 0.25) is 10.0 Å². The number of hydrogen-bond donors (Lipinski definition) is 0. The van der Waals surface area contributed by atoms with Gasteiger partial charge >= 0.3 is 0 Å². The molecule has 118 valence electrons. The van der Waals surface area contributed by atoms with Gasteiger partial charge in [0.15, 0.2) is 0 Å². The predicted molar refractivity (Wildman–Crippen MR) is 83.5 cm³/mol. The highest BCUT2D eigenvalue weighted by Gasteiger charge is 2.32. The molecule has 5 nitrogen and oxygen atoms in total. The third-order valence-electron chi connectivity index (χ3n) is 4.12. The zero-order valence-electron chi connectivity index (χ0n) is 12.9. The average molecular weight is 312 g/mol. The fourth-order valence-electron chi connectivity index (χ4n) is 2.72. The summed E-state index contributed by atoms with van der Waals surface area (Å²) in [6.45, 7) is 1.36. The van der Waals surface area contributed by atoms with Gasteiger partial charge in [-0.05, 0) is 19.0 Å². The van der Waals surface area contributed by atoms with Crippen LogP contribution in [0, 0.1) is 0 Å². The van der Waals surface area contributed by atoms with Crippen LogP contribution in [0.5, 0.6) is 0 Å². The van der Waals surface area contributed by atoms with Crippen molar-refractivity contribution >= 4 is 10.0 Å². The lowest BCUT2D eigenvalue weighted by Gasteiger charge is -2.25. The van der Waals surface area contributed by atoms with Crippen molar-refractivity contribution in [2.75, 3.05) is 34.3 Å². The SMILES string of the molecule is CO[C@H]1C[C@@H](CN(C)S(=O)(=O)Cc2ccccc2)N(C)C1. The Morgan fingerprint density at radius 2 is 2.00 bits per heavy atom. The monoisotopic (exact) mass is 312 g/mol. The van der Waals surface area contributed by atoms with E-state index in [1.165, 1.54) is 4.31 Å². The zero-order chi connectivity index (χ0) is 15.5. The number of methoxy groups -OCH3 is 1. The molecular formula is C15H24N2O3S. The van der Waals surface area contributed by atoms with E-state index in [1.54, 1.807) is 14.2 Å². The number of benzene rings is 1. The second kappa shape index (κ2) is 6.87. The van der Waals surface area contributed by atoms with Crippen molar-refractivity contribution in [3.63, 3.8) is 0 Å². The molecule has 1 aromatic rings. The molecule has 0 N–H and O–H groups in total. The van der Waals surface area contributed by atoms with Crippen LogP contribution in [0.3, 0.4) is 0 Å². The fourth-order valence-corrected chi connectivity index (χ4v) is 3.95. The van der Waals surface area contributed by atoms with E-state index in [4.69, 9.17) is 4.74 Å². The molecule has 2 atom stereocenters. The van der Waals surface area contributed by atoms with Gasteiger partial charge in [0.1, 0.15) is 0 Å². The summed E-state index contributed by atoms with van der Waals surface area (Å²) in [7, 11) is 2.10. The number of ether oxygens (including phenoxy) is 1. The Labute approximate surface area is 127 Å². The molecule has 0 unspecified atom stereocenters. The largest absolute Gasteiger partial charge is 0.380 e. The Hall–Kier alpha value is -0.950. The maximum atomic E-state index is 12.4. The van der Waals surface area contributed by atoms with Gasteiger partial charge in [0, 0.05) is 33.3 Å². The maximum Gasteiger partial charge on any atom is 0.218 e. The second-order valence-corrected chi connectivity index (χ2v) is 7.78. The van der Waals surface area contributed by atoms with E-state index in [0.717, 1.165) is 18.5 Å². The molecule has 1 saturated heterocycles. The first-order valence-electron chi connectivity index (χ1n) is 7.13. The summed E-state index contributed by atoms with van der Waals surface area (Å²) in [6, 6.07) is 9.50. The van der Waals surface area contributed by atoms with Gasteiger partial charge in [-0.1, -0.05) is 30.3 Å². The summed E-state index contributed by atoms with van der Waals surface area (Å²) in [5.41, 5.74) is 0.818. The van der Waals surface area contributed by atoms with Crippen molar-refractivity contribution in [3.05, 3.63) is 35.9 Å². The van der Waals surface area contributed by atoms with Crippen molar-refractivity contribution in [1.82, 2.24) is 9.21 Å². The first-order valence-corrected chi connectivity index (χ1v) is 8.74. The van der Waals surface area contributed by atoms with Gasteiger partial charge in [-0.15, -0.1) is 0 Å². The first-order chi connectivity index (χ1) is 9.92. The highest BCUT2D eigenvalue weighted by Crippen LogP contribution is 2.20. The summed E-state index contributed by atoms with van der Waals surface area (Å²) < 4.78 is 31.7. The Balaban J connectivity index is 1.97. The van der Waals surface area contributed by atoms with Crippen molar-refractivity contribution in [2.45, 2.75) is 24.3 Å². The third kappa shape index (κ3) is 4.26. The molecule has 0 bridgehead atoms. The lowest BCUT2D eigenvalue weighted by Crippen LogP contribution is -2.39. The molecular weight excluding hydrogens is 288 g/mol. The van der Waals surface area contributed by atoms with Gasteiger partial charge in [-0.3, -0.25) is 4.90 Å². The van der Waals surface area contributed by atoms with Crippen molar-refractivity contribution in [1.29, 1.82) is 0 Å². The van der Waals surface area contributed by atoms with Crippen LogP contribution in [0.25, 0.3) is 0 Å². The normalized spacial score (nSPS) is 23.8. The lowest BCUT2D eigenvalue weighted by atomic mass is 10.2. The quantitative estimate of drug-likeness (QED) is 0.791. The van der Waals surface area contributed by atoms with E-state index in [9.17, 15) is 8.42 Å². The summed E-state index contributed by atoms with van der Waals surface area (Å²) in [5.74, 6) is 0.0501. The Morgan fingerprint density at radius 1 is 1.33 bits per heavy atom. The summed E-state index contributed by atoms with van der Waals surface area (Å²) in [6.07, 6.45) is 1.07. The van der Waals surface area contributed by atoms with Gasteiger partial charge < -0.3 is 4.74 Å². The number of likely N-dealkylation sites (N-methyl/N-ethyl adjacent to an activating group) is 2. The zero-order valence-corrected chi connectivity index (χ0v) is 13.7. The standard InChI is InChI=1S/C15H24N2O3S/c1-16-11-15(20-3)9-14(16)10-17(2)21(18,19)12-13-7-5-4-6-8-13/h4-8,14-15H,9-12H2,1-3H3/t14-,15-/m0/s1. The van der Waals surface area contributed by atoms with Crippen molar-refractivity contribution < 1.29 is 13.2 Å². The second-order valence-electron chi connectivity index (χ2n) is 5.71. The lowest BCUT2D eigenvalue weighted by molar-refractivity contribution is 0.111. The highest BCUT2D eigenvalue weighted by atomic mass is 32.2. The average Bonchev–Trinajstić information content (AvgIpc) is 2.80. The van der Waals surface area contributed by atoms with Crippen LogP contribution in [0.2, 0.25) is 0 Å². The van der Waals surface area contributed by atoms with Crippen molar-refractivity contribution in [3.8, 4) is 0 Å². The van der Waals surface area contributed by atoms with E-state index >= 15 is 0 Å². The third-order valence-corrected chi connectivity index (χ3v) is 5.91. The molecule has 21 heavy (non-hydrogen) atoms. The molecule has 1 aromatic carbocycles. The Bertz CT molecular complexity index is 547. The van der Waals surface area contributed by atoms with Crippen LogP contribution in [0.4, 0.5) is 0 Å². The molecule has 1 aliphatic heterocycles. The van der Waals surface area contributed by atoms with Crippen molar-refractivity contribution in [2.24, 2.45) is 0 Å². The Morgan fingerprint density at radius 3 is 2.57 bits per heavy atom. The highest BCUT2D eigenvalue weighted by molar-refractivity contribution is 7.88. The van der Waals surface area contributed by atoms with E-state index < -0.39 is 10.0 Å². The van der Waals surface area contributed by atoms with Gasteiger partial charge in [-0.25, -0.2) is 12.7 Å². The van der Waals surface area contributed by atoms with Crippen LogP contribution >= 0.6 is 0 Å². The summed E-state index contributed by atoms with van der Waals surface area (Å²) in [5, 5.41) is 0. The van der Waals surface area contributed by atoms with E-state index in [2.05, 4.69) is 4.90 Å². The molecule has 0 radical (unpaired) electrons. The first kappa shape index (κ1) is 16.4. The molecule has 0 spiro atoms. The summed E-state index contributed by atoms with van der Waals surface area (Å²) >= 11 is 0. The molecule has 0 aliphatic carbocycles.